The highest BCUT2D eigenvalue weighted by Crippen LogP contribution is 2.35. The van der Waals surface area contributed by atoms with Crippen LogP contribution in [0.5, 0.6) is 0 Å². The molecule has 158 valence electrons. The van der Waals surface area contributed by atoms with E-state index in [1.54, 1.807) is 0 Å². The van der Waals surface area contributed by atoms with Gasteiger partial charge in [-0.3, -0.25) is 0 Å². The molecule has 0 atom stereocenters. The second-order valence-electron chi connectivity index (χ2n) is 8.98. The zero-order chi connectivity index (χ0) is 21.4. The van der Waals surface area contributed by atoms with Gasteiger partial charge in [-0.25, -0.2) is 4.98 Å². The van der Waals surface area contributed by atoms with E-state index in [1.807, 2.05) is 6.20 Å². The fourth-order valence-electron chi connectivity index (χ4n) is 5.03. The van der Waals surface area contributed by atoms with Crippen LogP contribution in [0.15, 0.2) is 66.9 Å². The molecule has 0 aliphatic carbocycles. The average Bonchev–Trinajstić information content (AvgIpc) is 3.06. The Kier molecular flexibility index (Phi) is 5.27. The van der Waals surface area contributed by atoms with E-state index >= 15 is 0 Å². The van der Waals surface area contributed by atoms with E-state index < -0.39 is 0 Å². The minimum absolute atomic E-state index is 0.652. The molecule has 0 N–H and O–H groups in total. The van der Waals surface area contributed by atoms with Crippen molar-refractivity contribution in [3.8, 4) is 0 Å². The summed E-state index contributed by atoms with van der Waals surface area (Å²) in [5, 5.41) is 1.33. The highest BCUT2D eigenvalue weighted by Gasteiger charge is 2.25. The lowest BCUT2D eigenvalue weighted by Gasteiger charge is -2.33. The second kappa shape index (κ2) is 8.22. The summed E-state index contributed by atoms with van der Waals surface area (Å²) in [6, 6.07) is 22.1. The monoisotopic (exact) mass is 409 g/mol. The van der Waals surface area contributed by atoms with Crippen molar-refractivity contribution in [2.24, 2.45) is 0 Å². The molecule has 4 aromatic rings. The van der Waals surface area contributed by atoms with Crippen molar-refractivity contribution in [3.05, 3.63) is 94.8 Å². The number of fused-ring (bicyclic) bond motifs is 1. The summed E-state index contributed by atoms with van der Waals surface area (Å²) in [6.45, 7) is 9.63. The molecule has 3 nitrogen and oxygen atoms in total. The van der Waals surface area contributed by atoms with Crippen LogP contribution in [0.1, 0.15) is 46.7 Å². The number of hydrogen-bond donors (Lipinski definition) is 0. The first kappa shape index (κ1) is 19.9. The summed E-state index contributed by atoms with van der Waals surface area (Å²) in [5.41, 5.74) is 8.11. The summed E-state index contributed by atoms with van der Waals surface area (Å²) >= 11 is 0. The highest BCUT2D eigenvalue weighted by molar-refractivity contribution is 5.93. The Morgan fingerprint density at radius 1 is 0.871 bits per heavy atom. The van der Waals surface area contributed by atoms with Gasteiger partial charge in [0.2, 0.25) is 0 Å². The molecule has 1 fully saturated rings. The van der Waals surface area contributed by atoms with Gasteiger partial charge < -0.3 is 9.47 Å². The van der Waals surface area contributed by atoms with Gasteiger partial charge >= 0.3 is 0 Å². The van der Waals surface area contributed by atoms with E-state index in [0.717, 1.165) is 25.5 Å². The fourth-order valence-corrected chi connectivity index (χ4v) is 5.03. The van der Waals surface area contributed by atoms with E-state index in [9.17, 15) is 0 Å². The van der Waals surface area contributed by atoms with Crippen LogP contribution in [0, 0.1) is 20.8 Å². The molecule has 0 bridgehead atoms. The summed E-state index contributed by atoms with van der Waals surface area (Å²) in [5.74, 6) is 1.80. The van der Waals surface area contributed by atoms with Crippen LogP contribution in [0.2, 0.25) is 0 Å². The predicted octanol–water partition coefficient (Wildman–Crippen LogP) is 6.39. The number of aryl methyl sites for hydroxylation is 2. The number of anilines is 1. The second-order valence-corrected chi connectivity index (χ2v) is 8.98. The molecule has 2 aromatic heterocycles. The fraction of sp³-hybridized carbons (Fsp3) is 0.321. The molecule has 3 heterocycles. The van der Waals surface area contributed by atoms with Crippen molar-refractivity contribution in [2.45, 2.75) is 46.1 Å². The normalized spacial score (nSPS) is 15.0. The Labute approximate surface area is 185 Å². The van der Waals surface area contributed by atoms with Gasteiger partial charge in [-0.05, 0) is 62.3 Å². The van der Waals surface area contributed by atoms with Gasteiger partial charge in [-0.1, -0.05) is 60.2 Å². The molecule has 1 aliphatic rings. The van der Waals surface area contributed by atoms with Crippen LogP contribution in [0.25, 0.3) is 10.9 Å². The Morgan fingerprint density at radius 2 is 1.58 bits per heavy atom. The molecule has 3 heteroatoms. The molecule has 31 heavy (non-hydrogen) atoms. The molecule has 2 aromatic carbocycles. The van der Waals surface area contributed by atoms with E-state index in [-0.39, 0.29) is 0 Å². The number of pyridine rings is 1. The summed E-state index contributed by atoms with van der Waals surface area (Å²) < 4.78 is 2.47. The van der Waals surface area contributed by atoms with E-state index in [4.69, 9.17) is 4.98 Å². The third-order valence-corrected chi connectivity index (χ3v) is 7.05. The molecule has 0 spiro atoms. The lowest BCUT2D eigenvalue weighted by molar-refractivity contribution is 0.503. The van der Waals surface area contributed by atoms with E-state index in [0.29, 0.717) is 5.92 Å². The molecule has 0 unspecified atom stereocenters. The smallest absolute Gasteiger partial charge is 0.153 e. The van der Waals surface area contributed by atoms with Crippen LogP contribution in [-0.4, -0.2) is 22.6 Å². The van der Waals surface area contributed by atoms with Crippen molar-refractivity contribution in [1.82, 2.24) is 9.55 Å². The van der Waals surface area contributed by atoms with Gasteiger partial charge in [-0.2, -0.15) is 0 Å². The Balaban J connectivity index is 1.48. The standard InChI is InChI=1S/C28H31N3/c1-20-9-11-23(12-10-20)19-31-22(3)21(2)26-13-16-29-28(27(26)31)30-17-14-25(15-18-30)24-7-5-4-6-8-24/h4-13,16,25H,14-15,17-19H2,1-3H3. The van der Waals surface area contributed by atoms with Gasteiger partial charge in [0.1, 0.15) is 0 Å². The molecular weight excluding hydrogens is 378 g/mol. The van der Waals surface area contributed by atoms with Gasteiger partial charge in [0.25, 0.3) is 0 Å². The van der Waals surface area contributed by atoms with Crippen LogP contribution in [0.4, 0.5) is 5.82 Å². The number of rotatable bonds is 4. The number of nitrogens with zero attached hydrogens (tertiary/aromatic N) is 3. The first-order valence-corrected chi connectivity index (χ1v) is 11.4. The highest BCUT2D eigenvalue weighted by atomic mass is 15.2. The summed E-state index contributed by atoms with van der Waals surface area (Å²) in [6.07, 6.45) is 4.35. The summed E-state index contributed by atoms with van der Waals surface area (Å²) in [7, 11) is 0. The molecule has 1 aliphatic heterocycles. The van der Waals surface area contributed by atoms with Crippen molar-refractivity contribution in [1.29, 1.82) is 0 Å². The van der Waals surface area contributed by atoms with Gasteiger partial charge in [0.15, 0.2) is 5.82 Å². The molecule has 0 radical (unpaired) electrons. The largest absolute Gasteiger partial charge is 0.355 e. The molecule has 5 rings (SSSR count). The van der Waals surface area contributed by atoms with Crippen molar-refractivity contribution in [3.63, 3.8) is 0 Å². The first-order chi connectivity index (χ1) is 15.1. The molecule has 0 saturated carbocycles. The number of piperidine rings is 1. The third-order valence-electron chi connectivity index (χ3n) is 7.05. The van der Waals surface area contributed by atoms with Crippen molar-refractivity contribution in [2.75, 3.05) is 18.0 Å². The van der Waals surface area contributed by atoms with Gasteiger partial charge in [0, 0.05) is 36.9 Å². The number of hydrogen-bond acceptors (Lipinski definition) is 2. The summed E-state index contributed by atoms with van der Waals surface area (Å²) in [4.78, 5) is 7.41. The molecule has 0 amide bonds. The van der Waals surface area contributed by atoms with Crippen molar-refractivity contribution >= 4 is 16.7 Å². The lowest BCUT2D eigenvalue weighted by atomic mass is 9.89. The Bertz CT molecular complexity index is 1180. The maximum atomic E-state index is 4.90. The van der Waals surface area contributed by atoms with Crippen LogP contribution >= 0.6 is 0 Å². The number of aromatic nitrogens is 2. The lowest BCUT2D eigenvalue weighted by Crippen LogP contribution is -2.33. The predicted molar refractivity (Wildman–Crippen MR) is 130 cm³/mol. The molecular formula is C28H31N3. The van der Waals surface area contributed by atoms with E-state index in [1.165, 1.54) is 51.7 Å². The van der Waals surface area contributed by atoms with Crippen LogP contribution < -0.4 is 4.90 Å². The van der Waals surface area contributed by atoms with Gasteiger partial charge in [-0.15, -0.1) is 0 Å². The topological polar surface area (TPSA) is 21.1 Å². The van der Waals surface area contributed by atoms with Crippen LogP contribution in [0.3, 0.4) is 0 Å². The maximum Gasteiger partial charge on any atom is 0.153 e. The Morgan fingerprint density at radius 3 is 2.29 bits per heavy atom. The SMILES string of the molecule is Cc1ccc(Cn2c(C)c(C)c3ccnc(N4CCC(c5ccccc5)CC4)c32)cc1. The third kappa shape index (κ3) is 3.74. The molecule has 1 saturated heterocycles. The quantitative estimate of drug-likeness (QED) is 0.389. The van der Waals surface area contributed by atoms with Gasteiger partial charge in [0.05, 0.1) is 5.52 Å². The van der Waals surface area contributed by atoms with Crippen molar-refractivity contribution < 1.29 is 0 Å². The zero-order valence-corrected chi connectivity index (χ0v) is 18.8. The van der Waals surface area contributed by atoms with Crippen LogP contribution in [-0.2, 0) is 6.54 Å². The maximum absolute atomic E-state index is 4.90. The zero-order valence-electron chi connectivity index (χ0n) is 18.8. The Hall–Kier alpha value is -3.07. The minimum Gasteiger partial charge on any atom is -0.355 e. The minimum atomic E-state index is 0.652. The first-order valence-electron chi connectivity index (χ1n) is 11.4. The number of benzene rings is 2. The van der Waals surface area contributed by atoms with E-state index in [2.05, 4.69) is 90.9 Å². The average molecular weight is 410 g/mol.